The zero-order valence-corrected chi connectivity index (χ0v) is 16.3. The lowest BCUT2D eigenvalue weighted by atomic mass is 10.0. The van der Waals surface area contributed by atoms with Gasteiger partial charge in [0.15, 0.2) is 0 Å². The van der Waals surface area contributed by atoms with Crippen molar-refractivity contribution in [2.75, 3.05) is 0 Å². The first kappa shape index (κ1) is 20.6. The maximum absolute atomic E-state index is 10.2. The van der Waals surface area contributed by atoms with Gasteiger partial charge in [-0.25, -0.2) is 0 Å². The Morgan fingerprint density at radius 1 is 0.654 bits per heavy atom. The van der Waals surface area contributed by atoms with Crippen molar-refractivity contribution in [2.24, 2.45) is 0 Å². The predicted molar refractivity (Wildman–Crippen MR) is 112 cm³/mol. The molecule has 0 saturated heterocycles. The second kappa shape index (κ2) is 13.5. The molecule has 0 spiro atoms. The van der Waals surface area contributed by atoms with Crippen LogP contribution >= 0.6 is 0 Å². The Bertz CT molecular complexity index is 622. The number of carbonyl (C=O) groups excluding carboxylic acids is 1. The molecule has 0 fully saturated rings. The molecule has 0 aliphatic heterocycles. The summed E-state index contributed by atoms with van der Waals surface area (Å²) in [4.78, 5) is 15.0. The van der Waals surface area contributed by atoms with Crippen LogP contribution in [0.25, 0.3) is 10.9 Å². The summed E-state index contributed by atoms with van der Waals surface area (Å²) in [6, 6.07) is 12.7. The first-order valence-corrected chi connectivity index (χ1v) is 10.7. The number of unbranched alkanes of at least 4 members (excludes halogenated alkanes) is 12. The topological polar surface area (TPSA) is 30.0 Å². The number of hydrogen-bond acceptors (Lipinski definition) is 2. The van der Waals surface area contributed by atoms with Crippen molar-refractivity contribution in [3.8, 4) is 0 Å². The summed E-state index contributed by atoms with van der Waals surface area (Å²) < 4.78 is 0. The summed E-state index contributed by atoms with van der Waals surface area (Å²) in [6.07, 6.45) is 18.7. The summed E-state index contributed by atoms with van der Waals surface area (Å²) in [6.45, 7) is 0. The molecule has 0 N–H and O–H groups in total. The van der Waals surface area contributed by atoms with Crippen molar-refractivity contribution < 1.29 is 4.79 Å². The second-order valence-electron chi connectivity index (χ2n) is 7.44. The molecular weight excluding hydrogens is 318 g/mol. The largest absolute Gasteiger partial charge is 0.303 e. The van der Waals surface area contributed by atoms with E-state index in [1.165, 1.54) is 81.7 Å². The smallest absolute Gasteiger partial charge is 0.119 e. The van der Waals surface area contributed by atoms with Gasteiger partial charge in [0.25, 0.3) is 0 Å². The summed E-state index contributed by atoms with van der Waals surface area (Å²) >= 11 is 0. The van der Waals surface area contributed by atoms with E-state index >= 15 is 0 Å². The van der Waals surface area contributed by atoms with Gasteiger partial charge in [-0.2, -0.15) is 0 Å². The van der Waals surface area contributed by atoms with Crippen LogP contribution in [-0.2, 0) is 11.2 Å². The molecule has 0 bridgehead atoms. The minimum Gasteiger partial charge on any atom is -0.303 e. The van der Waals surface area contributed by atoms with Crippen LogP contribution < -0.4 is 0 Å². The number of carbonyl (C=O) groups is 1. The number of rotatable bonds is 15. The lowest BCUT2D eigenvalue weighted by Gasteiger charge is -2.04. The van der Waals surface area contributed by atoms with E-state index in [0.717, 1.165) is 31.1 Å². The molecule has 0 aliphatic carbocycles. The van der Waals surface area contributed by atoms with Gasteiger partial charge in [0.2, 0.25) is 0 Å². The summed E-state index contributed by atoms with van der Waals surface area (Å²) in [5, 5.41) is 1.23. The molecule has 1 aromatic heterocycles. The van der Waals surface area contributed by atoms with Crippen LogP contribution in [0.2, 0.25) is 0 Å². The van der Waals surface area contributed by atoms with Crippen molar-refractivity contribution in [3.05, 3.63) is 42.1 Å². The Morgan fingerprint density at radius 3 is 1.88 bits per heavy atom. The average molecular weight is 354 g/mol. The van der Waals surface area contributed by atoms with E-state index < -0.39 is 0 Å². The van der Waals surface area contributed by atoms with E-state index in [9.17, 15) is 4.79 Å². The number of aldehydes is 1. The lowest BCUT2D eigenvalue weighted by Crippen LogP contribution is -1.91. The van der Waals surface area contributed by atoms with Crippen molar-refractivity contribution in [3.63, 3.8) is 0 Å². The van der Waals surface area contributed by atoms with E-state index in [1.54, 1.807) is 0 Å². The molecule has 2 nitrogen and oxygen atoms in total. The minimum absolute atomic E-state index is 0.747. The fraction of sp³-hybridized carbons (Fsp3) is 0.583. The van der Waals surface area contributed by atoms with E-state index in [1.807, 2.05) is 0 Å². The Hall–Kier alpha value is -1.70. The predicted octanol–water partition coefficient (Wildman–Crippen LogP) is 7.05. The molecule has 2 aromatic rings. The molecule has 0 radical (unpaired) electrons. The number of para-hydroxylation sites is 1. The van der Waals surface area contributed by atoms with Gasteiger partial charge in [-0.15, -0.1) is 0 Å². The molecule has 0 aliphatic rings. The maximum Gasteiger partial charge on any atom is 0.119 e. The molecule has 142 valence electrons. The van der Waals surface area contributed by atoms with Gasteiger partial charge in [0.05, 0.1) is 5.52 Å². The SMILES string of the molecule is O=CCCCCCCCCCCCCCCc1ccc2ccccc2n1. The Kier molecular flexibility index (Phi) is 10.7. The van der Waals surface area contributed by atoms with E-state index in [0.29, 0.717) is 0 Å². The second-order valence-corrected chi connectivity index (χ2v) is 7.44. The van der Waals surface area contributed by atoms with Gasteiger partial charge in [-0.3, -0.25) is 4.98 Å². The molecule has 26 heavy (non-hydrogen) atoms. The standard InChI is InChI=1S/C24H35NO/c26-21-15-11-9-7-5-3-1-2-4-6-8-10-12-17-23-20-19-22-16-13-14-18-24(22)25-23/h13-14,16,18-21H,1-12,15,17H2. The molecule has 1 heterocycles. The minimum atomic E-state index is 0.747. The van der Waals surface area contributed by atoms with Gasteiger partial charge in [0, 0.05) is 17.5 Å². The molecule has 0 amide bonds. The van der Waals surface area contributed by atoms with Crippen LogP contribution in [0.4, 0.5) is 0 Å². The third-order valence-electron chi connectivity index (χ3n) is 5.16. The number of pyridine rings is 1. The van der Waals surface area contributed by atoms with Gasteiger partial charge < -0.3 is 4.79 Å². The van der Waals surface area contributed by atoms with Crippen molar-refractivity contribution in [1.82, 2.24) is 4.98 Å². The first-order chi connectivity index (χ1) is 12.9. The molecule has 0 saturated carbocycles. The van der Waals surface area contributed by atoms with E-state index in [4.69, 9.17) is 4.98 Å². The number of nitrogens with zero attached hydrogens (tertiary/aromatic N) is 1. The highest BCUT2D eigenvalue weighted by molar-refractivity contribution is 5.78. The highest BCUT2D eigenvalue weighted by atomic mass is 16.1. The molecular formula is C24H35NO. The number of benzene rings is 1. The van der Waals surface area contributed by atoms with E-state index in [-0.39, 0.29) is 0 Å². The van der Waals surface area contributed by atoms with Crippen LogP contribution in [0.3, 0.4) is 0 Å². The summed E-state index contributed by atoms with van der Waals surface area (Å²) in [5.41, 5.74) is 2.35. The quantitative estimate of drug-likeness (QED) is 0.254. The van der Waals surface area contributed by atoms with Crippen LogP contribution in [0, 0.1) is 0 Å². The summed E-state index contributed by atoms with van der Waals surface area (Å²) in [5.74, 6) is 0. The average Bonchev–Trinajstić information content (AvgIpc) is 2.68. The normalized spacial score (nSPS) is 11.1. The highest BCUT2D eigenvalue weighted by Crippen LogP contribution is 2.15. The zero-order chi connectivity index (χ0) is 18.3. The zero-order valence-electron chi connectivity index (χ0n) is 16.3. The monoisotopic (exact) mass is 353 g/mol. The Labute approximate surface area is 159 Å². The fourth-order valence-corrected chi connectivity index (χ4v) is 3.55. The molecule has 0 atom stereocenters. The molecule has 1 aromatic carbocycles. The van der Waals surface area contributed by atoms with Crippen LogP contribution in [0.5, 0.6) is 0 Å². The summed E-state index contributed by atoms with van der Waals surface area (Å²) in [7, 11) is 0. The van der Waals surface area contributed by atoms with Crippen LogP contribution in [-0.4, -0.2) is 11.3 Å². The number of hydrogen-bond donors (Lipinski definition) is 0. The molecule has 2 rings (SSSR count). The van der Waals surface area contributed by atoms with Crippen LogP contribution in [0.1, 0.15) is 89.2 Å². The third-order valence-corrected chi connectivity index (χ3v) is 5.16. The van der Waals surface area contributed by atoms with Gasteiger partial charge in [-0.05, 0) is 31.4 Å². The van der Waals surface area contributed by atoms with Gasteiger partial charge in [-0.1, -0.05) is 88.5 Å². The van der Waals surface area contributed by atoms with Gasteiger partial charge >= 0.3 is 0 Å². The number of fused-ring (bicyclic) bond motifs is 1. The maximum atomic E-state index is 10.2. The van der Waals surface area contributed by atoms with Crippen LogP contribution in [0.15, 0.2) is 36.4 Å². The highest BCUT2D eigenvalue weighted by Gasteiger charge is 1.99. The first-order valence-electron chi connectivity index (χ1n) is 10.7. The number of aryl methyl sites for hydroxylation is 1. The van der Waals surface area contributed by atoms with Crippen molar-refractivity contribution in [2.45, 2.75) is 89.9 Å². The van der Waals surface area contributed by atoms with Crippen molar-refractivity contribution in [1.29, 1.82) is 0 Å². The Morgan fingerprint density at radius 2 is 1.23 bits per heavy atom. The van der Waals surface area contributed by atoms with Crippen molar-refractivity contribution >= 4 is 17.2 Å². The number of aromatic nitrogens is 1. The molecule has 2 heteroatoms. The third kappa shape index (κ3) is 8.60. The fourth-order valence-electron chi connectivity index (χ4n) is 3.55. The molecule has 0 unspecified atom stereocenters. The Balaban J connectivity index is 1.40. The lowest BCUT2D eigenvalue weighted by molar-refractivity contribution is -0.107. The van der Waals surface area contributed by atoms with E-state index in [2.05, 4.69) is 36.4 Å². The van der Waals surface area contributed by atoms with Gasteiger partial charge in [0.1, 0.15) is 6.29 Å².